The summed E-state index contributed by atoms with van der Waals surface area (Å²) >= 11 is 7.99. The number of fused-ring (bicyclic) bond motifs is 1. The molecule has 2 saturated heterocycles. The summed E-state index contributed by atoms with van der Waals surface area (Å²) in [6.07, 6.45) is 3.38. The van der Waals surface area contributed by atoms with Crippen LogP contribution in [0.3, 0.4) is 0 Å². The van der Waals surface area contributed by atoms with Crippen molar-refractivity contribution in [2.24, 2.45) is 0 Å². The Kier molecular flexibility index (Phi) is 7.64. The van der Waals surface area contributed by atoms with Crippen LogP contribution in [0.1, 0.15) is 26.2 Å². The zero-order valence-electron chi connectivity index (χ0n) is 16.4. The molecule has 164 valence electrons. The first-order chi connectivity index (χ1) is 14.3. The van der Waals surface area contributed by atoms with Gasteiger partial charge < -0.3 is 20.1 Å². The monoisotopic (exact) mass is 473 g/mol. The van der Waals surface area contributed by atoms with Crippen molar-refractivity contribution in [2.75, 3.05) is 31.2 Å². The van der Waals surface area contributed by atoms with Gasteiger partial charge in [-0.15, -0.1) is 11.8 Å². The summed E-state index contributed by atoms with van der Waals surface area (Å²) in [6.45, 7) is 2.86. The summed E-state index contributed by atoms with van der Waals surface area (Å²) in [5.41, 5.74) is 0.190. The average molecular weight is 474 g/mol. The van der Waals surface area contributed by atoms with Crippen LogP contribution in [0.5, 0.6) is 0 Å². The fourth-order valence-corrected chi connectivity index (χ4v) is 5.88. The molecule has 0 bridgehead atoms. The van der Waals surface area contributed by atoms with E-state index in [9.17, 15) is 24.3 Å². The molecule has 2 atom stereocenters. The van der Waals surface area contributed by atoms with E-state index in [1.54, 1.807) is 0 Å². The van der Waals surface area contributed by atoms with Crippen LogP contribution in [-0.4, -0.2) is 85.6 Å². The quantitative estimate of drug-likeness (QED) is 0.326. The van der Waals surface area contributed by atoms with Crippen molar-refractivity contribution in [1.82, 2.24) is 15.1 Å². The maximum absolute atomic E-state index is 12.6. The largest absolute Gasteiger partial charge is 0.477 e. The number of carboxylic acids is 1. The highest BCUT2D eigenvalue weighted by molar-refractivity contribution is 8.23. The van der Waals surface area contributed by atoms with Crippen LogP contribution in [0.2, 0.25) is 0 Å². The third-order valence-corrected chi connectivity index (χ3v) is 7.82. The number of piperidine rings is 1. The fraction of sp³-hybridized carbons (Fsp3) is 0.611. The van der Waals surface area contributed by atoms with Gasteiger partial charge in [0.05, 0.1) is 5.75 Å². The molecule has 2 unspecified atom stereocenters. The van der Waals surface area contributed by atoms with Gasteiger partial charge in [0.1, 0.15) is 28.0 Å². The molecule has 3 aliphatic heterocycles. The second-order valence-corrected chi connectivity index (χ2v) is 9.81. The van der Waals surface area contributed by atoms with Crippen molar-refractivity contribution in [2.45, 2.75) is 37.6 Å². The minimum absolute atomic E-state index is 0.107. The Balaban J connectivity index is 1.55. The fourth-order valence-electron chi connectivity index (χ4n) is 3.49. The van der Waals surface area contributed by atoms with Crippen LogP contribution in [0.25, 0.3) is 0 Å². The number of hydrogen-bond donors (Lipinski definition) is 2. The summed E-state index contributed by atoms with van der Waals surface area (Å²) in [5.74, 6) is -2.19. The van der Waals surface area contributed by atoms with Gasteiger partial charge in [-0.25, -0.2) is 4.79 Å². The zero-order valence-corrected chi connectivity index (χ0v) is 18.9. The van der Waals surface area contributed by atoms with Gasteiger partial charge in [-0.1, -0.05) is 24.0 Å². The normalized spacial score (nSPS) is 23.4. The van der Waals surface area contributed by atoms with Gasteiger partial charge in [0.15, 0.2) is 0 Å². The highest BCUT2D eigenvalue weighted by Crippen LogP contribution is 2.40. The zero-order chi connectivity index (χ0) is 21.8. The molecule has 30 heavy (non-hydrogen) atoms. The van der Waals surface area contributed by atoms with Crippen molar-refractivity contribution < 1.29 is 29.0 Å². The van der Waals surface area contributed by atoms with Crippen molar-refractivity contribution in [3.63, 3.8) is 0 Å². The maximum atomic E-state index is 12.6. The smallest absolute Gasteiger partial charge is 0.352 e. The second kappa shape index (κ2) is 10.0. The molecule has 0 aromatic heterocycles. The number of amides is 2. The number of likely N-dealkylation sites (tertiary alicyclic amines) is 1. The number of carbonyl (C=O) groups excluding carboxylic acids is 3. The number of esters is 1. The minimum Gasteiger partial charge on any atom is -0.477 e. The molecule has 12 heteroatoms. The molecule has 3 rings (SSSR count). The Hall–Kier alpha value is -1.79. The molecule has 2 N–H and O–H groups in total. The van der Waals surface area contributed by atoms with E-state index < -0.39 is 29.3 Å². The van der Waals surface area contributed by atoms with Gasteiger partial charge in [-0.05, 0) is 19.3 Å². The van der Waals surface area contributed by atoms with Crippen LogP contribution in [-0.2, 0) is 23.9 Å². The first-order valence-corrected chi connectivity index (χ1v) is 12.0. The second-order valence-electron chi connectivity index (χ2n) is 7.09. The summed E-state index contributed by atoms with van der Waals surface area (Å²) in [6, 6.07) is -0.781. The number of ether oxygens (including phenoxy) is 1. The van der Waals surface area contributed by atoms with Crippen molar-refractivity contribution >= 4 is 63.8 Å². The number of rotatable bonds is 6. The SMILES string of the molecule is CC(=O)OCC1=C(C(=O)O)N2C(=O)C(NC(=O)CSC(=S)N3CCCCC3)C2SC1. The molecule has 0 radical (unpaired) electrons. The Bertz CT molecular complexity index is 796. The summed E-state index contributed by atoms with van der Waals surface area (Å²) in [4.78, 5) is 50.9. The molecule has 0 saturated carbocycles. The highest BCUT2D eigenvalue weighted by atomic mass is 32.2. The highest BCUT2D eigenvalue weighted by Gasteiger charge is 2.54. The Morgan fingerprint density at radius 2 is 2.00 bits per heavy atom. The Morgan fingerprint density at radius 1 is 1.30 bits per heavy atom. The maximum Gasteiger partial charge on any atom is 0.352 e. The van der Waals surface area contributed by atoms with E-state index in [2.05, 4.69) is 10.2 Å². The lowest BCUT2D eigenvalue weighted by molar-refractivity contribution is -0.150. The lowest BCUT2D eigenvalue weighted by Crippen LogP contribution is -2.70. The number of carboxylic acid groups (broad SMARTS) is 1. The minimum atomic E-state index is -1.26. The van der Waals surface area contributed by atoms with Crippen LogP contribution >= 0.6 is 35.7 Å². The molecule has 0 aliphatic carbocycles. The van der Waals surface area contributed by atoms with Crippen molar-refractivity contribution in [3.05, 3.63) is 11.3 Å². The van der Waals surface area contributed by atoms with E-state index in [0.717, 1.165) is 30.8 Å². The molecule has 9 nitrogen and oxygen atoms in total. The third kappa shape index (κ3) is 5.09. The first-order valence-electron chi connectivity index (χ1n) is 9.54. The lowest BCUT2D eigenvalue weighted by atomic mass is 10.0. The lowest BCUT2D eigenvalue weighted by Gasteiger charge is -2.49. The van der Waals surface area contributed by atoms with Gasteiger partial charge in [-0.2, -0.15) is 0 Å². The van der Waals surface area contributed by atoms with E-state index in [1.165, 1.54) is 36.9 Å². The van der Waals surface area contributed by atoms with Gasteiger partial charge >= 0.3 is 11.9 Å². The van der Waals surface area contributed by atoms with Crippen LogP contribution < -0.4 is 5.32 Å². The van der Waals surface area contributed by atoms with E-state index >= 15 is 0 Å². The Labute approximate surface area is 187 Å². The van der Waals surface area contributed by atoms with Crippen LogP contribution in [0.15, 0.2) is 11.3 Å². The molecule has 2 fully saturated rings. The number of β-lactam (4-membered cyclic amide) rings is 1. The molecular weight excluding hydrogens is 450 g/mol. The molecule has 3 heterocycles. The van der Waals surface area contributed by atoms with Gasteiger partial charge in [-0.3, -0.25) is 19.3 Å². The third-order valence-electron chi connectivity index (χ3n) is 4.96. The molecular formula is C18H23N3O6S3. The predicted molar refractivity (Wildman–Crippen MR) is 117 cm³/mol. The van der Waals surface area contributed by atoms with Crippen molar-refractivity contribution in [1.29, 1.82) is 0 Å². The summed E-state index contributed by atoms with van der Waals surface area (Å²) in [7, 11) is 0. The van der Waals surface area contributed by atoms with Crippen LogP contribution in [0.4, 0.5) is 0 Å². The molecule has 0 aromatic carbocycles. The van der Waals surface area contributed by atoms with Gasteiger partial charge in [0.25, 0.3) is 5.91 Å². The molecule has 2 amide bonds. The summed E-state index contributed by atoms with van der Waals surface area (Å²) in [5, 5.41) is 11.7. The molecule has 0 aromatic rings. The predicted octanol–water partition coefficient (Wildman–Crippen LogP) is 0.792. The first kappa shape index (κ1) is 22.9. The number of nitrogens with one attached hydrogen (secondary N) is 1. The van der Waals surface area contributed by atoms with Crippen LogP contribution in [0, 0.1) is 0 Å². The van der Waals surface area contributed by atoms with E-state index in [1.807, 2.05) is 0 Å². The Morgan fingerprint density at radius 3 is 2.63 bits per heavy atom. The number of nitrogens with zero attached hydrogens (tertiary/aromatic N) is 2. The molecule has 0 spiro atoms. The number of thioether (sulfide) groups is 2. The van der Waals surface area contributed by atoms with Gasteiger partial charge in [0.2, 0.25) is 5.91 Å². The van der Waals surface area contributed by atoms with E-state index in [4.69, 9.17) is 17.0 Å². The van der Waals surface area contributed by atoms with E-state index in [-0.39, 0.29) is 24.0 Å². The van der Waals surface area contributed by atoms with Crippen molar-refractivity contribution in [3.8, 4) is 0 Å². The number of aliphatic carboxylic acids is 1. The number of carbonyl (C=O) groups is 4. The van der Waals surface area contributed by atoms with Gasteiger partial charge in [0, 0.05) is 31.3 Å². The molecule has 3 aliphatic rings. The standard InChI is InChI=1S/C18H23N3O6S3/c1-10(22)27-7-11-8-29-16-13(15(24)21(16)14(11)17(25)26)19-12(23)9-30-18(28)20-5-3-2-4-6-20/h13,16H,2-9H2,1H3,(H,19,23)(H,25,26). The topological polar surface area (TPSA) is 116 Å². The van der Waals surface area contributed by atoms with E-state index in [0.29, 0.717) is 15.6 Å². The number of hydrogen-bond acceptors (Lipinski definition) is 8. The summed E-state index contributed by atoms with van der Waals surface area (Å²) < 4.78 is 5.59. The average Bonchev–Trinajstić information content (AvgIpc) is 2.73. The number of thiocarbonyl (C=S) groups is 1.